The van der Waals surface area contributed by atoms with Crippen LogP contribution in [0.2, 0.25) is 0 Å². The van der Waals surface area contributed by atoms with Gasteiger partial charge >= 0.3 is 0 Å². The van der Waals surface area contributed by atoms with E-state index in [1.165, 1.54) is 18.3 Å². The Morgan fingerprint density at radius 2 is 1.60 bits per heavy atom. The number of anilines is 1. The zero-order valence-electron chi connectivity index (χ0n) is 16.8. The lowest BCUT2D eigenvalue weighted by molar-refractivity contribution is -0.119. The summed E-state index contributed by atoms with van der Waals surface area (Å²) in [5.41, 5.74) is 5.45. The highest BCUT2D eigenvalue weighted by molar-refractivity contribution is 7.92. The van der Waals surface area contributed by atoms with Gasteiger partial charge in [-0.1, -0.05) is 66.2 Å². The van der Waals surface area contributed by atoms with Crippen molar-refractivity contribution in [2.75, 3.05) is 10.8 Å². The van der Waals surface area contributed by atoms with Crippen LogP contribution in [0, 0.1) is 13.8 Å². The summed E-state index contributed by atoms with van der Waals surface area (Å²) in [6.45, 7) is 3.35. The standard InChI is InChI=1S/C23H23N3O3S/c1-18-13-14-22(19(2)15-18)26(30(28,29)21-11-7-4-8-12-21)17-23(27)25-24-16-20-9-5-3-6-10-20/h3-16H,17H2,1-2H3,(H,25,27)/b24-16+. The van der Waals surface area contributed by atoms with Gasteiger partial charge in [0.05, 0.1) is 16.8 Å². The summed E-state index contributed by atoms with van der Waals surface area (Å²) >= 11 is 0. The van der Waals surface area contributed by atoms with Gasteiger partial charge in [-0.25, -0.2) is 13.8 Å². The molecule has 0 aliphatic heterocycles. The maximum absolute atomic E-state index is 13.3. The maximum Gasteiger partial charge on any atom is 0.264 e. The Morgan fingerprint density at radius 3 is 2.23 bits per heavy atom. The summed E-state index contributed by atoms with van der Waals surface area (Å²) in [5.74, 6) is -0.540. The lowest BCUT2D eigenvalue weighted by Gasteiger charge is -2.25. The van der Waals surface area contributed by atoms with Crippen LogP contribution in [0.15, 0.2) is 88.9 Å². The number of nitrogens with zero attached hydrogens (tertiary/aromatic N) is 2. The monoisotopic (exact) mass is 421 g/mol. The van der Waals surface area contributed by atoms with Crippen molar-refractivity contribution in [1.82, 2.24) is 5.43 Å². The van der Waals surface area contributed by atoms with E-state index in [4.69, 9.17) is 0 Å². The first-order valence-corrected chi connectivity index (χ1v) is 10.8. The number of sulfonamides is 1. The van der Waals surface area contributed by atoms with Crippen molar-refractivity contribution in [2.45, 2.75) is 18.7 Å². The summed E-state index contributed by atoms with van der Waals surface area (Å²) < 4.78 is 27.7. The van der Waals surface area contributed by atoms with Crippen molar-refractivity contribution in [3.8, 4) is 0 Å². The second-order valence-corrected chi connectivity index (χ2v) is 8.68. The Labute approximate surface area is 176 Å². The molecule has 1 N–H and O–H groups in total. The molecule has 0 heterocycles. The van der Waals surface area contributed by atoms with Crippen LogP contribution >= 0.6 is 0 Å². The van der Waals surface area contributed by atoms with Crippen LogP contribution in [0.4, 0.5) is 5.69 Å². The average Bonchev–Trinajstić information content (AvgIpc) is 2.74. The number of aryl methyl sites for hydroxylation is 2. The van der Waals surface area contributed by atoms with E-state index in [1.807, 2.05) is 56.3 Å². The van der Waals surface area contributed by atoms with Crippen molar-refractivity contribution in [3.63, 3.8) is 0 Å². The van der Waals surface area contributed by atoms with Crippen LogP contribution < -0.4 is 9.73 Å². The fourth-order valence-electron chi connectivity index (χ4n) is 2.99. The largest absolute Gasteiger partial charge is 0.271 e. The normalized spacial score (nSPS) is 11.4. The number of hydrogen-bond donors (Lipinski definition) is 1. The average molecular weight is 422 g/mol. The molecular weight excluding hydrogens is 398 g/mol. The van der Waals surface area contributed by atoms with E-state index in [9.17, 15) is 13.2 Å². The molecule has 154 valence electrons. The first-order chi connectivity index (χ1) is 14.4. The predicted octanol–water partition coefficient (Wildman–Crippen LogP) is 3.65. The zero-order valence-corrected chi connectivity index (χ0v) is 17.6. The van der Waals surface area contributed by atoms with Gasteiger partial charge in [0.1, 0.15) is 6.54 Å². The summed E-state index contributed by atoms with van der Waals surface area (Å²) in [6, 6.07) is 22.8. The summed E-state index contributed by atoms with van der Waals surface area (Å²) in [6.07, 6.45) is 1.51. The molecule has 1 amide bonds. The Bertz CT molecular complexity index is 1140. The maximum atomic E-state index is 13.3. The molecule has 0 bridgehead atoms. The fraction of sp³-hybridized carbons (Fsp3) is 0.130. The van der Waals surface area contributed by atoms with Crippen LogP contribution in [0.1, 0.15) is 16.7 Å². The lowest BCUT2D eigenvalue weighted by atomic mass is 10.1. The third-order valence-corrected chi connectivity index (χ3v) is 6.22. The molecule has 0 spiro atoms. The minimum Gasteiger partial charge on any atom is -0.271 e. The number of rotatable bonds is 7. The molecule has 7 heteroatoms. The molecule has 0 fully saturated rings. The van der Waals surface area contributed by atoms with Crippen LogP contribution in [0.5, 0.6) is 0 Å². The number of carbonyl (C=O) groups is 1. The SMILES string of the molecule is Cc1ccc(N(CC(=O)N/N=C/c2ccccc2)S(=O)(=O)c2ccccc2)c(C)c1. The Kier molecular flexibility index (Phi) is 6.64. The van der Waals surface area contributed by atoms with Gasteiger partial charge in [0, 0.05) is 0 Å². The van der Waals surface area contributed by atoms with E-state index < -0.39 is 22.5 Å². The highest BCUT2D eigenvalue weighted by Gasteiger charge is 2.28. The molecular formula is C23H23N3O3S. The molecule has 0 aliphatic carbocycles. The topological polar surface area (TPSA) is 78.8 Å². The van der Waals surface area contributed by atoms with Gasteiger partial charge in [-0.2, -0.15) is 5.10 Å². The Balaban J connectivity index is 1.88. The minimum atomic E-state index is -3.94. The highest BCUT2D eigenvalue weighted by atomic mass is 32.2. The Hall–Kier alpha value is -3.45. The van der Waals surface area contributed by atoms with E-state index in [2.05, 4.69) is 10.5 Å². The zero-order chi connectivity index (χ0) is 21.6. The third kappa shape index (κ3) is 5.12. The first kappa shape index (κ1) is 21.3. The van der Waals surface area contributed by atoms with Crippen molar-refractivity contribution in [3.05, 3.63) is 95.6 Å². The van der Waals surface area contributed by atoms with Crippen LogP contribution in [-0.4, -0.2) is 27.1 Å². The molecule has 0 atom stereocenters. The molecule has 0 aliphatic rings. The number of carbonyl (C=O) groups excluding carboxylic acids is 1. The number of nitrogens with one attached hydrogen (secondary N) is 1. The molecule has 0 saturated carbocycles. The van der Waals surface area contributed by atoms with E-state index >= 15 is 0 Å². The fourth-order valence-corrected chi connectivity index (χ4v) is 4.49. The number of amides is 1. The quantitative estimate of drug-likeness (QED) is 0.467. The summed E-state index contributed by atoms with van der Waals surface area (Å²) in [7, 11) is -3.94. The molecule has 30 heavy (non-hydrogen) atoms. The summed E-state index contributed by atoms with van der Waals surface area (Å²) in [5, 5.41) is 3.93. The number of hydrazone groups is 1. The molecule has 0 unspecified atom stereocenters. The molecule has 0 radical (unpaired) electrons. The number of hydrogen-bond acceptors (Lipinski definition) is 4. The molecule has 0 aromatic heterocycles. The molecule has 3 aromatic rings. The molecule has 0 saturated heterocycles. The molecule has 6 nitrogen and oxygen atoms in total. The molecule has 3 rings (SSSR count). The van der Waals surface area contributed by atoms with Gasteiger partial charge in [0.2, 0.25) is 0 Å². The van der Waals surface area contributed by atoms with Crippen molar-refractivity contribution in [1.29, 1.82) is 0 Å². The van der Waals surface area contributed by atoms with E-state index in [1.54, 1.807) is 24.3 Å². The predicted molar refractivity (Wildman–Crippen MR) is 119 cm³/mol. The van der Waals surface area contributed by atoms with Gasteiger partial charge in [-0.15, -0.1) is 0 Å². The Morgan fingerprint density at radius 1 is 0.967 bits per heavy atom. The second-order valence-electron chi connectivity index (χ2n) is 6.82. The van der Waals surface area contributed by atoms with Gasteiger partial charge < -0.3 is 0 Å². The van der Waals surface area contributed by atoms with Crippen LogP contribution in [-0.2, 0) is 14.8 Å². The van der Waals surface area contributed by atoms with Crippen molar-refractivity contribution >= 4 is 27.8 Å². The molecule has 3 aromatic carbocycles. The van der Waals surface area contributed by atoms with Gasteiger partial charge in [-0.05, 0) is 43.2 Å². The summed E-state index contributed by atoms with van der Waals surface area (Å²) in [4.78, 5) is 12.7. The number of benzene rings is 3. The van der Waals surface area contributed by atoms with Crippen molar-refractivity contribution in [2.24, 2.45) is 5.10 Å². The van der Waals surface area contributed by atoms with E-state index in [-0.39, 0.29) is 4.90 Å². The van der Waals surface area contributed by atoms with E-state index in [0.29, 0.717) is 5.69 Å². The van der Waals surface area contributed by atoms with E-state index in [0.717, 1.165) is 21.0 Å². The van der Waals surface area contributed by atoms with Gasteiger partial charge in [0.15, 0.2) is 0 Å². The second kappa shape index (κ2) is 9.37. The van der Waals surface area contributed by atoms with Gasteiger partial charge in [-0.3, -0.25) is 9.10 Å². The minimum absolute atomic E-state index is 0.116. The third-order valence-electron chi connectivity index (χ3n) is 4.44. The first-order valence-electron chi connectivity index (χ1n) is 9.40. The van der Waals surface area contributed by atoms with Gasteiger partial charge in [0.25, 0.3) is 15.9 Å². The smallest absolute Gasteiger partial charge is 0.264 e. The van der Waals surface area contributed by atoms with Crippen LogP contribution in [0.3, 0.4) is 0 Å². The van der Waals surface area contributed by atoms with Crippen molar-refractivity contribution < 1.29 is 13.2 Å². The highest BCUT2D eigenvalue weighted by Crippen LogP contribution is 2.27. The van der Waals surface area contributed by atoms with Crippen LogP contribution in [0.25, 0.3) is 0 Å². The lowest BCUT2D eigenvalue weighted by Crippen LogP contribution is -2.40.